The van der Waals surface area contributed by atoms with E-state index in [0.717, 1.165) is 0 Å². The van der Waals surface area contributed by atoms with Crippen LogP contribution < -0.4 is 51.4 Å². The number of hydrogen-bond acceptors (Lipinski definition) is 0. The summed E-state index contributed by atoms with van der Waals surface area (Å²) in [5.41, 5.74) is 0.686. The van der Waals surface area contributed by atoms with Crippen molar-refractivity contribution in [1.82, 2.24) is 0 Å². The van der Waals surface area contributed by atoms with Crippen molar-refractivity contribution in [3.63, 3.8) is 0 Å². The standard InChI is InChI=1S/C7H6ClFN.K/c1-10-5-2-3-7(9)6(8)4-5;/h2-4H,1H3;/q-1;+1. The van der Waals surface area contributed by atoms with Gasteiger partial charge >= 0.3 is 51.4 Å². The summed E-state index contributed by atoms with van der Waals surface area (Å²) in [4.78, 5) is 0. The van der Waals surface area contributed by atoms with Crippen LogP contribution >= 0.6 is 11.6 Å². The molecule has 0 radical (unpaired) electrons. The Morgan fingerprint density at radius 1 is 1.45 bits per heavy atom. The van der Waals surface area contributed by atoms with Crippen molar-refractivity contribution < 1.29 is 55.8 Å². The minimum atomic E-state index is -0.408. The van der Waals surface area contributed by atoms with Crippen LogP contribution in [-0.2, 0) is 0 Å². The summed E-state index contributed by atoms with van der Waals surface area (Å²) < 4.78 is 12.5. The van der Waals surface area contributed by atoms with E-state index in [2.05, 4.69) is 5.32 Å². The number of nitrogens with zero attached hydrogens (tertiary/aromatic N) is 1. The SMILES string of the molecule is C[N-]c1ccc(F)c(Cl)c1.[K+]. The Labute approximate surface area is 113 Å². The van der Waals surface area contributed by atoms with Gasteiger partial charge in [0.25, 0.3) is 0 Å². The van der Waals surface area contributed by atoms with E-state index >= 15 is 0 Å². The van der Waals surface area contributed by atoms with Crippen LogP contribution in [0.2, 0.25) is 5.02 Å². The largest absolute Gasteiger partial charge is 1.00 e. The normalized spacial score (nSPS) is 8.64. The molecule has 0 saturated carbocycles. The summed E-state index contributed by atoms with van der Waals surface area (Å²) in [6, 6.07) is 4.35. The Hall–Kier alpha value is 0.876. The first-order valence-corrected chi connectivity index (χ1v) is 3.16. The van der Waals surface area contributed by atoms with Crippen molar-refractivity contribution in [2.24, 2.45) is 0 Å². The van der Waals surface area contributed by atoms with Crippen LogP contribution in [0.25, 0.3) is 5.32 Å². The van der Waals surface area contributed by atoms with E-state index in [-0.39, 0.29) is 56.4 Å². The second kappa shape index (κ2) is 5.51. The summed E-state index contributed by atoms with van der Waals surface area (Å²) in [6.45, 7) is 0. The van der Waals surface area contributed by atoms with E-state index in [1.54, 1.807) is 13.1 Å². The van der Waals surface area contributed by atoms with Crippen LogP contribution in [0.4, 0.5) is 10.1 Å². The van der Waals surface area contributed by atoms with Crippen molar-refractivity contribution in [3.05, 3.63) is 34.4 Å². The quantitative estimate of drug-likeness (QED) is 0.568. The topological polar surface area (TPSA) is 14.1 Å². The predicted molar refractivity (Wildman–Crippen MR) is 40.4 cm³/mol. The number of benzene rings is 1. The van der Waals surface area contributed by atoms with Crippen molar-refractivity contribution >= 4 is 17.3 Å². The van der Waals surface area contributed by atoms with Crippen LogP contribution in [-0.4, -0.2) is 7.05 Å². The molecule has 0 aliphatic carbocycles. The minimum Gasteiger partial charge on any atom is -0.687 e. The van der Waals surface area contributed by atoms with Crippen LogP contribution in [0.1, 0.15) is 0 Å². The maximum Gasteiger partial charge on any atom is 1.00 e. The molecule has 1 aromatic carbocycles. The molecule has 1 nitrogen and oxygen atoms in total. The molecule has 1 aromatic rings. The monoisotopic (exact) mass is 197 g/mol. The van der Waals surface area contributed by atoms with E-state index in [4.69, 9.17) is 11.6 Å². The second-order valence-electron chi connectivity index (χ2n) is 1.82. The van der Waals surface area contributed by atoms with E-state index in [9.17, 15) is 4.39 Å². The van der Waals surface area contributed by atoms with Crippen molar-refractivity contribution in [2.75, 3.05) is 7.05 Å². The Morgan fingerprint density at radius 3 is 2.55 bits per heavy atom. The molecule has 0 spiro atoms. The van der Waals surface area contributed by atoms with Gasteiger partial charge in [0.05, 0.1) is 5.02 Å². The smallest absolute Gasteiger partial charge is 0.687 e. The Kier molecular flexibility index (Phi) is 5.95. The average molecular weight is 198 g/mol. The first-order chi connectivity index (χ1) is 4.74. The zero-order valence-electron chi connectivity index (χ0n) is 6.44. The van der Waals surface area contributed by atoms with E-state index < -0.39 is 5.82 Å². The van der Waals surface area contributed by atoms with Gasteiger partial charge in [0, 0.05) is 0 Å². The third kappa shape index (κ3) is 3.40. The summed E-state index contributed by atoms with van der Waals surface area (Å²) >= 11 is 5.46. The first-order valence-electron chi connectivity index (χ1n) is 2.79. The summed E-state index contributed by atoms with van der Waals surface area (Å²) in [6.07, 6.45) is 0. The first kappa shape index (κ1) is 11.9. The van der Waals surface area contributed by atoms with Gasteiger partial charge in [-0.05, 0) is 6.07 Å². The molecule has 1 rings (SSSR count). The Morgan fingerprint density at radius 2 is 2.09 bits per heavy atom. The molecule has 0 unspecified atom stereocenters. The van der Waals surface area contributed by atoms with E-state index in [1.807, 2.05) is 0 Å². The molecule has 0 heterocycles. The summed E-state index contributed by atoms with van der Waals surface area (Å²) in [7, 11) is 1.63. The number of rotatable bonds is 1. The van der Waals surface area contributed by atoms with Crippen LogP contribution in [0.5, 0.6) is 0 Å². The average Bonchev–Trinajstić information content (AvgIpc) is 1.95. The maximum absolute atomic E-state index is 12.5. The van der Waals surface area contributed by atoms with Crippen LogP contribution in [0.15, 0.2) is 18.2 Å². The maximum atomic E-state index is 12.5. The predicted octanol–water partition coefficient (Wildman–Crippen LogP) is 0.118. The van der Waals surface area contributed by atoms with Gasteiger partial charge in [0.15, 0.2) is 0 Å². The van der Waals surface area contributed by atoms with Gasteiger partial charge in [0.2, 0.25) is 0 Å². The van der Waals surface area contributed by atoms with Gasteiger partial charge < -0.3 is 5.32 Å². The Balaban J connectivity index is 0.000001000. The van der Waals surface area contributed by atoms with Crippen molar-refractivity contribution in [3.8, 4) is 0 Å². The fraction of sp³-hybridized carbons (Fsp3) is 0.143. The number of halogens is 2. The van der Waals surface area contributed by atoms with Crippen molar-refractivity contribution in [2.45, 2.75) is 0 Å². The molecule has 54 valence electrons. The molecule has 4 heteroatoms. The minimum absolute atomic E-state index is 0. The second-order valence-corrected chi connectivity index (χ2v) is 2.23. The van der Waals surface area contributed by atoms with E-state index in [1.165, 1.54) is 12.1 Å². The van der Waals surface area contributed by atoms with Gasteiger partial charge in [-0.15, -0.1) is 12.7 Å². The Bertz CT molecular complexity index is 242. The zero-order chi connectivity index (χ0) is 7.56. The van der Waals surface area contributed by atoms with Gasteiger partial charge in [0.1, 0.15) is 5.82 Å². The van der Waals surface area contributed by atoms with Crippen LogP contribution in [0.3, 0.4) is 0 Å². The van der Waals surface area contributed by atoms with E-state index in [0.29, 0.717) is 5.69 Å². The molecule has 0 atom stereocenters. The van der Waals surface area contributed by atoms with Gasteiger partial charge in [-0.2, -0.15) is 0 Å². The molecule has 0 N–H and O–H groups in total. The molecule has 0 aromatic heterocycles. The zero-order valence-corrected chi connectivity index (χ0v) is 10.3. The third-order valence-corrected chi connectivity index (χ3v) is 1.45. The molecule has 0 saturated heterocycles. The molecule has 0 bridgehead atoms. The van der Waals surface area contributed by atoms with Gasteiger partial charge in [-0.3, -0.25) is 0 Å². The molecule has 0 amide bonds. The summed E-state index contributed by atoms with van der Waals surface area (Å²) in [5, 5.41) is 3.94. The van der Waals surface area contributed by atoms with Gasteiger partial charge in [-0.25, -0.2) is 4.39 Å². The molecule has 0 fully saturated rings. The molecule has 0 aliphatic rings. The van der Waals surface area contributed by atoms with Crippen molar-refractivity contribution in [1.29, 1.82) is 0 Å². The third-order valence-electron chi connectivity index (χ3n) is 1.16. The molecule has 0 aliphatic heterocycles. The number of hydrogen-bond donors (Lipinski definition) is 0. The van der Waals surface area contributed by atoms with Gasteiger partial charge in [-0.1, -0.05) is 23.7 Å². The fourth-order valence-electron chi connectivity index (χ4n) is 0.624. The molecular weight excluding hydrogens is 192 g/mol. The van der Waals surface area contributed by atoms with Crippen LogP contribution in [0, 0.1) is 5.82 Å². The molecular formula is C7H6ClFKN. The fourth-order valence-corrected chi connectivity index (χ4v) is 0.799. The molecule has 11 heavy (non-hydrogen) atoms. The summed E-state index contributed by atoms with van der Waals surface area (Å²) in [5.74, 6) is -0.408.